The fraction of sp³-hybridized carbons (Fsp3) is 0.0769. The highest BCUT2D eigenvalue weighted by atomic mass is 35.5. The van der Waals surface area contributed by atoms with Gasteiger partial charge in [0.15, 0.2) is 23.6 Å². The Balaban J connectivity index is 0.000000224. The Morgan fingerprint density at radius 1 is 1.14 bits per heavy atom. The number of hydrogen-bond donors (Lipinski definition) is 0. The second-order valence-electron chi connectivity index (χ2n) is 3.61. The molecule has 0 unspecified atom stereocenters. The summed E-state index contributed by atoms with van der Waals surface area (Å²) in [5.41, 5.74) is -0.577. The van der Waals surface area contributed by atoms with Crippen molar-refractivity contribution in [3.05, 3.63) is 57.6 Å². The summed E-state index contributed by atoms with van der Waals surface area (Å²) >= 11 is 10.8. The molecule has 0 aliphatic heterocycles. The number of rotatable bonds is 2. The van der Waals surface area contributed by atoms with Gasteiger partial charge in [-0.2, -0.15) is 0 Å². The van der Waals surface area contributed by atoms with E-state index in [0.29, 0.717) is 6.29 Å². The minimum atomic E-state index is -0.816. The molecule has 116 valence electrons. The first-order valence-electron chi connectivity index (χ1n) is 5.54. The van der Waals surface area contributed by atoms with Crippen LogP contribution in [0.4, 0.5) is 8.78 Å². The van der Waals surface area contributed by atoms with E-state index in [1.165, 1.54) is 12.4 Å². The molecule has 0 saturated heterocycles. The standard InChI is InChI=1S/C7H5ClFNO2.C6H3ClFNO/c1-12-7(11)6-5(9)2-4(8)3-10-6;7-4-1-5(8)6(3-10)9-2-4/h2-3H,1H3;1-3H. The Labute approximate surface area is 133 Å². The first-order valence-corrected chi connectivity index (χ1v) is 6.30. The van der Waals surface area contributed by atoms with Gasteiger partial charge in [-0.1, -0.05) is 23.2 Å². The van der Waals surface area contributed by atoms with E-state index in [1.807, 2.05) is 0 Å². The van der Waals surface area contributed by atoms with Crippen molar-refractivity contribution in [2.45, 2.75) is 0 Å². The van der Waals surface area contributed by atoms with Gasteiger partial charge in [0.25, 0.3) is 0 Å². The largest absolute Gasteiger partial charge is 0.464 e. The van der Waals surface area contributed by atoms with Crippen LogP contribution in [0.25, 0.3) is 0 Å². The van der Waals surface area contributed by atoms with Gasteiger partial charge in [0.2, 0.25) is 0 Å². The third-order valence-electron chi connectivity index (χ3n) is 2.13. The van der Waals surface area contributed by atoms with Crippen LogP contribution in [0.3, 0.4) is 0 Å². The van der Waals surface area contributed by atoms with Crippen LogP contribution in [0.2, 0.25) is 10.0 Å². The second-order valence-corrected chi connectivity index (χ2v) is 4.49. The molecular weight excluding hydrogens is 341 g/mol. The maximum Gasteiger partial charge on any atom is 0.359 e. The summed E-state index contributed by atoms with van der Waals surface area (Å²) in [6, 6.07) is 2.04. The molecule has 0 atom stereocenters. The van der Waals surface area contributed by atoms with E-state index < -0.39 is 17.6 Å². The molecule has 0 aliphatic rings. The molecular formula is C13H8Cl2F2N2O3. The monoisotopic (exact) mass is 348 g/mol. The Bertz CT molecular complexity index is 699. The molecule has 0 bridgehead atoms. The van der Waals surface area contributed by atoms with Gasteiger partial charge in [0.05, 0.1) is 17.2 Å². The average Bonchev–Trinajstić information content (AvgIpc) is 2.47. The van der Waals surface area contributed by atoms with Crippen molar-refractivity contribution in [2.24, 2.45) is 0 Å². The van der Waals surface area contributed by atoms with Crippen LogP contribution in [0.5, 0.6) is 0 Å². The Hall–Kier alpha value is -2.12. The first-order chi connectivity index (χ1) is 10.4. The van der Waals surface area contributed by atoms with E-state index in [1.54, 1.807) is 0 Å². The maximum atomic E-state index is 12.8. The van der Waals surface area contributed by atoms with Crippen molar-refractivity contribution < 1.29 is 23.1 Å². The highest BCUT2D eigenvalue weighted by Crippen LogP contribution is 2.12. The van der Waals surface area contributed by atoms with Gasteiger partial charge < -0.3 is 4.74 Å². The van der Waals surface area contributed by atoms with E-state index in [4.69, 9.17) is 23.2 Å². The van der Waals surface area contributed by atoms with E-state index in [-0.39, 0.29) is 21.4 Å². The lowest BCUT2D eigenvalue weighted by Gasteiger charge is -1.98. The molecule has 2 heterocycles. The summed E-state index contributed by atoms with van der Waals surface area (Å²) in [5.74, 6) is -2.29. The lowest BCUT2D eigenvalue weighted by Crippen LogP contribution is -2.06. The molecule has 0 N–H and O–H groups in total. The van der Waals surface area contributed by atoms with Crippen LogP contribution in [0.1, 0.15) is 21.0 Å². The predicted molar refractivity (Wildman–Crippen MR) is 75.1 cm³/mol. The number of carbonyl (C=O) groups excluding carboxylic acids is 2. The molecule has 9 heteroatoms. The summed E-state index contributed by atoms with van der Waals surface area (Å²) in [6.07, 6.45) is 2.73. The number of pyridine rings is 2. The van der Waals surface area contributed by atoms with Crippen LogP contribution in [0, 0.1) is 11.6 Å². The van der Waals surface area contributed by atoms with Crippen molar-refractivity contribution in [3.63, 3.8) is 0 Å². The number of ether oxygens (including phenoxy) is 1. The Kier molecular flexibility index (Phi) is 6.81. The van der Waals surface area contributed by atoms with Crippen molar-refractivity contribution in [1.82, 2.24) is 9.97 Å². The van der Waals surface area contributed by atoms with Gasteiger partial charge >= 0.3 is 5.97 Å². The maximum absolute atomic E-state index is 12.8. The number of nitrogens with zero attached hydrogens (tertiary/aromatic N) is 2. The fourth-order valence-electron chi connectivity index (χ4n) is 1.17. The molecule has 0 amide bonds. The summed E-state index contributed by atoms with van der Waals surface area (Å²) in [6.45, 7) is 0. The molecule has 0 saturated carbocycles. The number of esters is 1. The second kappa shape index (κ2) is 8.35. The smallest absolute Gasteiger partial charge is 0.359 e. The average molecular weight is 349 g/mol. The lowest BCUT2D eigenvalue weighted by molar-refractivity contribution is 0.0588. The number of aromatic nitrogens is 2. The molecule has 0 spiro atoms. The van der Waals surface area contributed by atoms with E-state index in [0.717, 1.165) is 19.2 Å². The highest BCUT2D eigenvalue weighted by molar-refractivity contribution is 6.30. The quantitative estimate of drug-likeness (QED) is 0.614. The third kappa shape index (κ3) is 5.01. The van der Waals surface area contributed by atoms with Gasteiger partial charge in [-0.3, -0.25) is 4.79 Å². The van der Waals surface area contributed by atoms with Crippen molar-refractivity contribution in [3.8, 4) is 0 Å². The molecule has 2 aromatic rings. The van der Waals surface area contributed by atoms with Crippen molar-refractivity contribution in [1.29, 1.82) is 0 Å². The molecule has 0 radical (unpaired) electrons. The van der Waals surface area contributed by atoms with Crippen LogP contribution in [-0.2, 0) is 4.74 Å². The highest BCUT2D eigenvalue weighted by Gasteiger charge is 2.13. The fourth-order valence-corrected chi connectivity index (χ4v) is 1.46. The topological polar surface area (TPSA) is 69.2 Å². The lowest BCUT2D eigenvalue weighted by atomic mass is 10.3. The normalized spacial score (nSPS) is 9.50. The van der Waals surface area contributed by atoms with Crippen LogP contribution in [0.15, 0.2) is 24.5 Å². The van der Waals surface area contributed by atoms with Crippen LogP contribution >= 0.6 is 23.2 Å². The molecule has 0 fully saturated rings. The van der Waals surface area contributed by atoms with Gasteiger partial charge in [-0.15, -0.1) is 0 Å². The predicted octanol–water partition coefficient (Wildman–Crippen LogP) is 3.35. The zero-order valence-corrected chi connectivity index (χ0v) is 12.5. The zero-order chi connectivity index (χ0) is 16.7. The summed E-state index contributed by atoms with van der Waals surface area (Å²) in [4.78, 5) is 27.7. The number of aldehydes is 1. The van der Waals surface area contributed by atoms with E-state index >= 15 is 0 Å². The van der Waals surface area contributed by atoms with Gasteiger partial charge in [0.1, 0.15) is 5.69 Å². The summed E-state index contributed by atoms with van der Waals surface area (Å²) < 4.78 is 29.6. The third-order valence-corrected chi connectivity index (χ3v) is 2.55. The van der Waals surface area contributed by atoms with Crippen molar-refractivity contribution >= 4 is 35.5 Å². The van der Waals surface area contributed by atoms with Gasteiger partial charge in [-0.05, 0) is 12.1 Å². The molecule has 2 aromatic heterocycles. The Morgan fingerprint density at radius 2 is 1.68 bits per heavy atom. The molecule has 0 aromatic carbocycles. The van der Waals surface area contributed by atoms with E-state index in [9.17, 15) is 18.4 Å². The molecule has 5 nitrogen and oxygen atoms in total. The first kappa shape index (κ1) is 17.9. The van der Waals surface area contributed by atoms with Crippen molar-refractivity contribution in [2.75, 3.05) is 7.11 Å². The zero-order valence-electron chi connectivity index (χ0n) is 11.0. The molecule has 2 rings (SSSR count). The summed E-state index contributed by atoms with van der Waals surface area (Å²) in [7, 11) is 1.15. The number of methoxy groups -OCH3 is 1. The molecule has 0 aliphatic carbocycles. The number of hydrogen-bond acceptors (Lipinski definition) is 5. The minimum Gasteiger partial charge on any atom is -0.464 e. The van der Waals surface area contributed by atoms with E-state index in [2.05, 4.69) is 14.7 Å². The van der Waals surface area contributed by atoms with Gasteiger partial charge in [-0.25, -0.2) is 23.5 Å². The minimum absolute atomic E-state index is 0.139. The van der Waals surface area contributed by atoms with Crippen LogP contribution in [-0.4, -0.2) is 29.3 Å². The SMILES string of the molecule is COC(=O)c1ncc(Cl)cc1F.O=Cc1ncc(Cl)cc1F. The number of carbonyl (C=O) groups is 2. The van der Waals surface area contributed by atoms with Crippen LogP contribution < -0.4 is 0 Å². The Morgan fingerprint density at radius 3 is 2.14 bits per heavy atom. The number of halogens is 4. The van der Waals surface area contributed by atoms with Gasteiger partial charge in [0, 0.05) is 12.4 Å². The summed E-state index contributed by atoms with van der Waals surface area (Å²) in [5, 5.41) is 0.322. The molecule has 22 heavy (non-hydrogen) atoms.